The van der Waals surface area contributed by atoms with Crippen LogP contribution in [0.15, 0.2) is 54.6 Å². The lowest BCUT2D eigenvalue weighted by atomic mass is 10.0. The monoisotopic (exact) mass is 300 g/mol. The molecular formula is C17H17ClN2O. The molecule has 1 aliphatic rings. The molecule has 0 aromatic heterocycles. The van der Waals surface area contributed by atoms with Gasteiger partial charge in [-0.1, -0.05) is 48.0 Å². The summed E-state index contributed by atoms with van der Waals surface area (Å²) in [6, 6.07) is 17.3. The van der Waals surface area contributed by atoms with Crippen molar-refractivity contribution in [3.8, 4) is 0 Å². The predicted octanol–water partition coefficient (Wildman–Crippen LogP) is 4.71. The number of urea groups is 1. The Morgan fingerprint density at radius 1 is 1.10 bits per heavy atom. The summed E-state index contributed by atoms with van der Waals surface area (Å²) in [5.74, 6) is 0. The maximum Gasteiger partial charge on any atom is 0.322 e. The van der Waals surface area contributed by atoms with Crippen molar-refractivity contribution in [3.63, 3.8) is 0 Å². The van der Waals surface area contributed by atoms with E-state index in [2.05, 4.69) is 5.32 Å². The van der Waals surface area contributed by atoms with Crippen molar-refractivity contribution in [2.45, 2.75) is 18.9 Å². The van der Waals surface area contributed by atoms with E-state index in [1.807, 2.05) is 59.5 Å². The summed E-state index contributed by atoms with van der Waals surface area (Å²) < 4.78 is 0. The van der Waals surface area contributed by atoms with Gasteiger partial charge in [0, 0.05) is 17.3 Å². The quantitative estimate of drug-likeness (QED) is 0.856. The normalized spacial score (nSPS) is 17.8. The number of para-hydroxylation sites is 1. The highest BCUT2D eigenvalue weighted by Crippen LogP contribution is 2.35. The number of amides is 2. The fraction of sp³-hybridized carbons (Fsp3) is 0.235. The van der Waals surface area contributed by atoms with Crippen LogP contribution in [0.4, 0.5) is 10.5 Å². The number of rotatable bonds is 2. The largest absolute Gasteiger partial charge is 0.322 e. The van der Waals surface area contributed by atoms with Gasteiger partial charge in [0.25, 0.3) is 0 Å². The highest BCUT2D eigenvalue weighted by atomic mass is 35.5. The molecule has 0 saturated carbocycles. The number of hydrogen-bond donors (Lipinski definition) is 1. The number of anilines is 1. The van der Waals surface area contributed by atoms with Gasteiger partial charge in [-0.3, -0.25) is 0 Å². The molecule has 0 bridgehead atoms. The summed E-state index contributed by atoms with van der Waals surface area (Å²) >= 11 is 6.28. The van der Waals surface area contributed by atoms with Crippen LogP contribution in [0.1, 0.15) is 24.4 Å². The van der Waals surface area contributed by atoms with Gasteiger partial charge >= 0.3 is 6.03 Å². The van der Waals surface area contributed by atoms with E-state index in [9.17, 15) is 4.79 Å². The lowest BCUT2D eigenvalue weighted by Gasteiger charge is -2.26. The number of nitrogens with one attached hydrogen (secondary N) is 1. The van der Waals surface area contributed by atoms with Crippen molar-refractivity contribution in [2.75, 3.05) is 11.9 Å². The maximum atomic E-state index is 12.5. The Kier molecular flexibility index (Phi) is 4.11. The first-order chi connectivity index (χ1) is 10.3. The van der Waals surface area contributed by atoms with E-state index in [4.69, 9.17) is 11.6 Å². The maximum absolute atomic E-state index is 12.5. The van der Waals surface area contributed by atoms with Crippen LogP contribution < -0.4 is 5.32 Å². The summed E-state index contributed by atoms with van der Waals surface area (Å²) in [7, 11) is 0. The van der Waals surface area contributed by atoms with E-state index in [1.165, 1.54) is 0 Å². The molecule has 1 unspecified atom stereocenters. The van der Waals surface area contributed by atoms with Crippen molar-refractivity contribution in [1.29, 1.82) is 0 Å². The number of hydrogen-bond acceptors (Lipinski definition) is 1. The van der Waals surface area contributed by atoms with E-state index in [0.717, 1.165) is 35.7 Å². The molecule has 2 amide bonds. The van der Waals surface area contributed by atoms with Gasteiger partial charge < -0.3 is 10.2 Å². The predicted molar refractivity (Wildman–Crippen MR) is 85.6 cm³/mol. The molecule has 0 radical (unpaired) electrons. The standard InChI is InChI=1S/C17H17ClN2O/c18-15-10-5-4-9-14(15)16-11-6-12-20(16)17(21)19-13-7-2-1-3-8-13/h1-5,7-10,16H,6,11-12H2,(H,19,21). The van der Waals surface area contributed by atoms with Crippen LogP contribution in [0.3, 0.4) is 0 Å². The molecule has 3 rings (SSSR count). The molecule has 1 atom stereocenters. The molecule has 2 aromatic rings. The van der Waals surface area contributed by atoms with E-state index >= 15 is 0 Å². The first-order valence-corrected chi connectivity index (χ1v) is 7.50. The minimum absolute atomic E-state index is 0.0578. The Bertz CT molecular complexity index is 630. The van der Waals surface area contributed by atoms with Crippen molar-refractivity contribution in [3.05, 3.63) is 65.2 Å². The molecule has 108 valence electrons. The number of halogens is 1. The zero-order valence-corrected chi connectivity index (χ0v) is 12.4. The number of benzene rings is 2. The zero-order valence-electron chi connectivity index (χ0n) is 11.6. The van der Waals surface area contributed by atoms with Gasteiger partial charge in [0.05, 0.1) is 6.04 Å². The molecule has 2 aromatic carbocycles. The average Bonchev–Trinajstić information content (AvgIpc) is 2.98. The molecule has 21 heavy (non-hydrogen) atoms. The van der Waals surface area contributed by atoms with Crippen LogP contribution in [-0.2, 0) is 0 Å². The van der Waals surface area contributed by atoms with Gasteiger partial charge in [-0.05, 0) is 36.6 Å². The molecule has 0 aliphatic carbocycles. The van der Waals surface area contributed by atoms with Gasteiger partial charge in [0.2, 0.25) is 0 Å². The first-order valence-electron chi connectivity index (χ1n) is 7.13. The van der Waals surface area contributed by atoms with Crippen LogP contribution in [0, 0.1) is 0 Å². The summed E-state index contributed by atoms with van der Waals surface area (Å²) in [5, 5.41) is 3.67. The summed E-state index contributed by atoms with van der Waals surface area (Å²) in [6.45, 7) is 0.758. The van der Waals surface area contributed by atoms with Gasteiger partial charge in [-0.15, -0.1) is 0 Å². The minimum atomic E-state index is -0.0661. The minimum Gasteiger partial charge on any atom is -0.317 e. The molecule has 3 nitrogen and oxygen atoms in total. The molecule has 1 saturated heterocycles. The van der Waals surface area contributed by atoms with E-state index in [0.29, 0.717) is 0 Å². The van der Waals surface area contributed by atoms with Gasteiger partial charge in [-0.2, -0.15) is 0 Å². The number of carbonyl (C=O) groups is 1. The van der Waals surface area contributed by atoms with Gasteiger partial charge in [0.15, 0.2) is 0 Å². The van der Waals surface area contributed by atoms with Crippen LogP contribution >= 0.6 is 11.6 Å². The van der Waals surface area contributed by atoms with Crippen LogP contribution in [0.5, 0.6) is 0 Å². The molecule has 0 spiro atoms. The number of carbonyl (C=O) groups excluding carboxylic acids is 1. The summed E-state index contributed by atoms with van der Waals surface area (Å²) in [5.41, 5.74) is 1.84. The lowest BCUT2D eigenvalue weighted by Crippen LogP contribution is -2.34. The first kappa shape index (κ1) is 14.0. The third kappa shape index (κ3) is 3.03. The van der Waals surface area contributed by atoms with Gasteiger partial charge in [-0.25, -0.2) is 4.79 Å². The van der Waals surface area contributed by atoms with E-state index < -0.39 is 0 Å². The van der Waals surface area contributed by atoms with Gasteiger partial charge in [0.1, 0.15) is 0 Å². The van der Waals surface area contributed by atoms with Crippen molar-refractivity contribution < 1.29 is 4.79 Å². The van der Waals surface area contributed by atoms with Crippen LogP contribution in [-0.4, -0.2) is 17.5 Å². The number of nitrogens with zero attached hydrogens (tertiary/aromatic N) is 1. The Balaban J connectivity index is 1.78. The fourth-order valence-corrected chi connectivity index (χ4v) is 3.06. The van der Waals surface area contributed by atoms with E-state index in [1.54, 1.807) is 0 Å². The third-order valence-corrected chi connectivity index (χ3v) is 4.15. The van der Waals surface area contributed by atoms with Crippen LogP contribution in [0.2, 0.25) is 5.02 Å². The summed E-state index contributed by atoms with van der Waals surface area (Å²) in [4.78, 5) is 14.4. The summed E-state index contributed by atoms with van der Waals surface area (Å²) in [6.07, 6.45) is 1.95. The number of likely N-dealkylation sites (tertiary alicyclic amines) is 1. The molecular weight excluding hydrogens is 284 g/mol. The molecule has 1 N–H and O–H groups in total. The Morgan fingerprint density at radius 2 is 1.81 bits per heavy atom. The molecule has 1 fully saturated rings. The second kappa shape index (κ2) is 6.19. The zero-order chi connectivity index (χ0) is 14.7. The topological polar surface area (TPSA) is 32.3 Å². The molecule has 1 aliphatic heterocycles. The van der Waals surface area contributed by atoms with Crippen molar-refractivity contribution in [2.24, 2.45) is 0 Å². The second-order valence-corrected chi connectivity index (χ2v) is 5.58. The molecule has 4 heteroatoms. The Labute approximate surface area is 129 Å². The average molecular weight is 301 g/mol. The molecule has 1 heterocycles. The Morgan fingerprint density at radius 3 is 2.57 bits per heavy atom. The third-order valence-electron chi connectivity index (χ3n) is 3.80. The fourth-order valence-electron chi connectivity index (χ4n) is 2.80. The van der Waals surface area contributed by atoms with Crippen LogP contribution in [0.25, 0.3) is 0 Å². The lowest BCUT2D eigenvalue weighted by molar-refractivity contribution is 0.207. The van der Waals surface area contributed by atoms with Crippen molar-refractivity contribution in [1.82, 2.24) is 4.90 Å². The van der Waals surface area contributed by atoms with E-state index in [-0.39, 0.29) is 12.1 Å². The highest BCUT2D eigenvalue weighted by Gasteiger charge is 2.31. The Hall–Kier alpha value is -2.00. The second-order valence-electron chi connectivity index (χ2n) is 5.17. The highest BCUT2D eigenvalue weighted by molar-refractivity contribution is 6.31. The van der Waals surface area contributed by atoms with Crippen molar-refractivity contribution >= 4 is 23.3 Å². The smallest absolute Gasteiger partial charge is 0.317 e. The SMILES string of the molecule is O=C(Nc1ccccc1)N1CCCC1c1ccccc1Cl.